The van der Waals surface area contributed by atoms with Crippen molar-refractivity contribution in [3.8, 4) is 0 Å². The number of urea groups is 1. The van der Waals surface area contributed by atoms with Crippen LogP contribution in [0.4, 0.5) is 14.9 Å². The summed E-state index contributed by atoms with van der Waals surface area (Å²) < 4.78 is 13.6. The molecule has 0 aliphatic heterocycles. The normalized spacial score (nSPS) is 11.5. The zero-order valence-corrected chi connectivity index (χ0v) is 13.9. The van der Waals surface area contributed by atoms with Crippen molar-refractivity contribution in [2.45, 2.75) is 13.0 Å². The van der Waals surface area contributed by atoms with E-state index in [0.29, 0.717) is 10.7 Å². The van der Waals surface area contributed by atoms with Gasteiger partial charge < -0.3 is 16.0 Å². The molecule has 0 unspecified atom stereocenters. The Balaban J connectivity index is 2.04. The van der Waals surface area contributed by atoms with Crippen LogP contribution in [0.3, 0.4) is 0 Å². The Morgan fingerprint density at radius 2 is 1.79 bits per heavy atom. The molecule has 2 aromatic carbocycles. The van der Waals surface area contributed by atoms with Crippen molar-refractivity contribution >= 4 is 29.2 Å². The highest BCUT2D eigenvalue weighted by Gasteiger charge is 2.13. The topological polar surface area (TPSA) is 70.2 Å². The number of amides is 3. The van der Waals surface area contributed by atoms with Gasteiger partial charge in [0.1, 0.15) is 5.82 Å². The molecule has 0 radical (unpaired) electrons. The minimum absolute atomic E-state index is 0.138. The van der Waals surface area contributed by atoms with Gasteiger partial charge in [0.15, 0.2) is 0 Å². The van der Waals surface area contributed by atoms with Gasteiger partial charge >= 0.3 is 6.03 Å². The molecule has 5 nitrogen and oxygen atoms in total. The summed E-state index contributed by atoms with van der Waals surface area (Å²) in [6.07, 6.45) is 0. The van der Waals surface area contributed by atoms with Crippen molar-refractivity contribution in [2.24, 2.45) is 0 Å². The zero-order valence-electron chi connectivity index (χ0n) is 13.2. The highest BCUT2D eigenvalue weighted by Crippen LogP contribution is 2.17. The largest absolute Gasteiger partial charge is 0.355 e. The van der Waals surface area contributed by atoms with Gasteiger partial charge in [-0.25, -0.2) is 9.18 Å². The van der Waals surface area contributed by atoms with E-state index in [0.717, 1.165) is 11.6 Å². The van der Waals surface area contributed by atoms with Gasteiger partial charge in [0.25, 0.3) is 5.91 Å². The molecule has 7 heteroatoms. The SMILES string of the molecule is CNC(=O)c1cc(NC(=O)N[C@H](C)c2ccc(Cl)cc2)ccc1F. The molecule has 24 heavy (non-hydrogen) atoms. The van der Waals surface area contributed by atoms with Crippen LogP contribution in [-0.4, -0.2) is 19.0 Å². The first-order valence-corrected chi connectivity index (χ1v) is 7.63. The number of rotatable bonds is 4. The standard InChI is InChI=1S/C17H17ClFN3O2/c1-10(11-3-5-12(18)6-4-11)21-17(24)22-13-7-8-15(19)14(9-13)16(23)20-2/h3-10H,1-2H3,(H,20,23)(H2,21,22,24)/t10-/m1/s1. The monoisotopic (exact) mass is 349 g/mol. The summed E-state index contributed by atoms with van der Waals surface area (Å²) in [5.41, 5.74) is 1.07. The lowest BCUT2D eigenvalue weighted by Gasteiger charge is -2.15. The van der Waals surface area contributed by atoms with Crippen LogP contribution in [0.2, 0.25) is 5.02 Å². The van der Waals surface area contributed by atoms with Crippen LogP contribution in [-0.2, 0) is 0 Å². The van der Waals surface area contributed by atoms with E-state index in [2.05, 4.69) is 16.0 Å². The smallest absolute Gasteiger partial charge is 0.319 e. The molecule has 0 bridgehead atoms. The first-order chi connectivity index (χ1) is 11.4. The number of halogens is 2. The first-order valence-electron chi connectivity index (χ1n) is 7.25. The summed E-state index contributed by atoms with van der Waals surface area (Å²) in [5.74, 6) is -1.22. The van der Waals surface area contributed by atoms with E-state index in [4.69, 9.17) is 11.6 Å². The van der Waals surface area contributed by atoms with Gasteiger partial charge in [-0.05, 0) is 42.8 Å². The van der Waals surface area contributed by atoms with E-state index in [1.807, 2.05) is 19.1 Å². The Morgan fingerprint density at radius 3 is 2.42 bits per heavy atom. The number of hydrogen-bond acceptors (Lipinski definition) is 2. The fraction of sp³-hybridized carbons (Fsp3) is 0.176. The molecule has 1 atom stereocenters. The van der Waals surface area contributed by atoms with Gasteiger partial charge in [-0.3, -0.25) is 4.79 Å². The molecule has 2 rings (SSSR count). The molecule has 0 spiro atoms. The van der Waals surface area contributed by atoms with Crippen LogP contribution >= 0.6 is 11.6 Å². The maximum atomic E-state index is 13.6. The van der Waals surface area contributed by atoms with Gasteiger partial charge in [0.05, 0.1) is 11.6 Å². The van der Waals surface area contributed by atoms with E-state index in [-0.39, 0.29) is 11.6 Å². The summed E-state index contributed by atoms with van der Waals surface area (Å²) in [5, 5.41) is 8.29. The molecule has 0 aliphatic carbocycles. The van der Waals surface area contributed by atoms with Crippen LogP contribution in [0.15, 0.2) is 42.5 Å². The third-order valence-corrected chi connectivity index (χ3v) is 3.67. The second-order valence-electron chi connectivity index (χ2n) is 5.15. The molecule has 0 saturated carbocycles. The molecular weight excluding hydrogens is 333 g/mol. The average Bonchev–Trinajstić information content (AvgIpc) is 2.56. The molecule has 3 amide bonds. The van der Waals surface area contributed by atoms with E-state index in [1.165, 1.54) is 19.2 Å². The minimum Gasteiger partial charge on any atom is -0.355 e. The third kappa shape index (κ3) is 4.45. The fourth-order valence-electron chi connectivity index (χ4n) is 2.11. The Kier molecular flexibility index (Phi) is 5.76. The van der Waals surface area contributed by atoms with Crippen LogP contribution in [0.1, 0.15) is 28.9 Å². The van der Waals surface area contributed by atoms with E-state index >= 15 is 0 Å². The number of benzene rings is 2. The highest BCUT2D eigenvalue weighted by atomic mass is 35.5. The van der Waals surface area contributed by atoms with E-state index in [9.17, 15) is 14.0 Å². The predicted molar refractivity (Wildman–Crippen MR) is 91.8 cm³/mol. The molecular formula is C17H17ClFN3O2. The Labute approximate surface area is 144 Å². The van der Waals surface area contributed by atoms with E-state index in [1.54, 1.807) is 12.1 Å². The maximum absolute atomic E-state index is 13.6. The predicted octanol–water partition coefficient (Wildman–Crippen LogP) is 3.72. The highest BCUT2D eigenvalue weighted by molar-refractivity contribution is 6.30. The molecule has 0 heterocycles. The van der Waals surface area contributed by atoms with Gasteiger partial charge in [-0.1, -0.05) is 23.7 Å². The van der Waals surface area contributed by atoms with Crippen LogP contribution in [0.5, 0.6) is 0 Å². The molecule has 0 fully saturated rings. The van der Waals surface area contributed by atoms with Crippen molar-refractivity contribution in [2.75, 3.05) is 12.4 Å². The zero-order chi connectivity index (χ0) is 17.7. The quantitative estimate of drug-likeness (QED) is 0.787. The number of carbonyl (C=O) groups excluding carboxylic acids is 2. The number of hydrogen-bond donors (Lipinski definition) is 3. The van der Waals surface area contributed by atoms with Gasteiger partial charge in [-0.15, -0.1) is 0 Å². The van der Waals surface area contributed by atoms with E-state index < -0.39 is 17.8 Å². The van der Waals surface area contributed by atoms with Crippen LogP contribution in [0, 0.1) is 5.82 Å². The molecule has 3 N–H and O–H groups in total. The second kappa shape index (κ2) is 7.79. The summed E-state index contributed by atoms with van der Waals surface area (Å²) in [6, 6.07) is 10.2. The summed E-state index contributed by atoms with van der Waals surface area (Å²) in [6.45, 7) is 1.82. The Morgan fingerprint density at radius 1 is 1.12 bits per heavy atom. The first kappa shape index (κ1) is 17.7. The average molecular weight is 350 g/mol. The summed E-state index contributed by atoms with van der Waals surface area (Å²) in [7, 11) is 1.41. The lowest BCUT2D eigenvalue weighted by atomic mass is 10.1. The lowest BCUT2D eigenvalue weighted by molar-refractivity contribution is 0.0959. The minimum atomic E-state index is -0.658. The van der Waals surface area contributed by atoms with Gasteiger partial charge in [0.2, 0.25) is 0 Å². The summed E-state index contributed by atoms with van der Waals surface area (Å²) in [4.78, 5) is 23.6. The van der Waals surface area contributed by atoms with Gasteiger partial charge in [0, 0.05) is 17.8 Å². The van der Waals surface area contributed by atoms with Crippen molar-refractivity contribution < 1.29 is 14.0 Å². The fourth-order valence-corrected chi connectivity index (χ4v) is 2.24. The number of nitrogens with one attached hydrogen (secondary N) is 3. The molecule has 0 saturated heterocycles. The maximum Gasteiger partial charge on any atom is 0.319 e. The van der Waals surface area contributed by atoms with Crippen molar-refractivity contribution in [1.82, 2.24) is 10.6 Å². The van der Waals surface area contributed by atoms with Crippen LogP contribution in [0.25, 0.3) is 0 Å². The van der Waals surface area contributed by atoms with Gasteiger partial charge in [-0.2, -0.15) is 0 Å². The summed E-state index contributed by atoms with van der Waals surface area (Å²) >= 11 is 5.83. The van der Waals surface area contributed by atoms with Crippen molar-refractivity contribution in [3.05, 3.63) is 64.4 Å². The van der Waals surface area contributed by atoms with Crippen LogP contribution < -0.4 is 16.0 Å². The number of anilines is 1. The molecule has 126 valence electrons. The Bertz CT molecular complexity index is 750. The van der Waals surface area contributed by atoms with Crippen molar-refractivity contribution in [3.63, 3.8) is 0 Å². The molecule has 0 aromatic heterocycles. The third-order valence-electron chi connectivity index (χ3n) is 3.41. The molecule has 0 aliphatic rings. The second-order valence-corrected chi connectivity index (χ2v) is 5.58. The Hall–Kier alpha value is -2.60. The molecule has 2 aromatic rings. The number of carbonyl (C=O) groups is 2. The lowest BCUT2D eigenvalue weighted by Crippen LogP contribution is -2.31. The van der Waals surface area contributed by atoms with Crippen molar-refractivity contribution in [1.29, 1.82) is 0 Å².